The third-order valence-corrected chi connectivity index (χ3v) is 24.6. The molecule has 0 spiro atoms. The number of nitriles is 3. The van der Waals surface area contributed by atoms with E-state index in [1.165, 1.54) is 115 Å². The number of aromatic nitrogens is 8. The molecule has 0 aliphatic heterocycles. The quantitative estimate of drug-likeness (QED) is 0.0715. The zero-order valence-electron chi connectivity index (χ0n) is 74.6. The Labute approximate surface area is 813 Å². The lowest BCUT2D eigenvalue weighted by Gasteiger charge is -2.24. The Morgan fingerprint density at radius 1 is 0.208 bits per heavy atom. The van der Waals surface area contributed by atoms with Gasteiger partial charge >= 0.3 is 24.7 Å². The van der Waals surface area contributed by atoms with Gasteiger partial charge in [0.15, 0.2) is 52.0 Å². The van der Waals surface area contributed by atoms with Crippen molar-refractivity contribution in [3.05, 3.63) is 449 Å². The molecule has 4 heterocycles. The topological polar surface area (TPSA) is 172 Å². The van der Waals surface area contributed by atoms with Crippen LogP contribution in [0.4, 0.5) is 69.7 Å². The first-order valence-corrected chi connectivity index (χ1v) is 44.3. The zero-order valence-corrected chi connectivity index (χ0v) is 74.6. The highest BCUT2D eigenvalue weighted by atomic mass is 19.4. The Hall–Kier alpha value is -19.5. The van der Waals surface area contributed by atoms with Gasteiger partial charge in [-0.1, -0.05) is 231 Å². The first kappa shape index (κ1) is 92.2. The molecule has 144 heavy (non-hydrogen) atoms. The Balaban J connectivity index is 0.000000177. The van der Waals surface area contributed by atoms with Gasteiger partial charge in [-0.15, -0.1) is 0 Å². The summed E-state index contributed by atoms with van der Waals surface area (Å²) in [6.07, 6.45) is -19.7. The molecule has 0 saturated heterocycles. The molecule has 4 aromatic heterocycles. The van der Waals surface area contributed by atoms with Crippen LogP contribution in [-0.2, 0) is 24.7 Å². The van der Waals surface area contributed by atoms with E-state index in [9.17, 15) is 15.8 Å². The van der Waals surface area contributed by atoms with Gasteiger partial charge in [0.1, 0.15) is 0 Å². The minimum atomic E-state index is -4.96. The summed E-state index contributed by atoms with van der Waals surface area (Å²) in [5.41, 5.74) is 3.16. The average Bonchev–Trinajstić information content (AvgIpc) is 1.55. The van der Waals surface area contributed by atoms with Gasteiger partial charge in [0, 0.05) is 93.9 Å². The average molecular weight is 1900 g/mol. The van der Waals surface area contributed by atoms with Gasteiger partial charge < -0.3 is 9.13 Å². The number of para-hydroxylation sites is 1. The van der Waals surface area contributed by atoms with Gasteiger partial charge in [0.2, 0.25) is 0 Å². The fourth-order valence-corrected chi connectivity index (χ4v) is 18.3. The first-order chi connectivity index (χ1) is 69.6. The molecule has 0 fully saturated rings. The van der Waals surface area contributed by atoms with E-state index < -0.39 is 47.0 Å². The van der Waals surface area contributed by atoms with Gasteiger partial charge in [0.05, 0.1) is 93.6 Å². The van der Waals surface area contributed by atoms with E-state index in [2.05, 4.69) is 32.7 Å². The maximum absolute atomic E-state index is 15.6. The molecular weight excluding hydrogens is 1840 g/mol. The number of benzene rings is 17. The maximum Gasteiger partial charge on any atom is 0.417 e. The van der Waals surface area contributed by atoms with Gasteiger partial charge in [-0.25, -0.2) is 44.4 Å². The second-order valence-electron chi connectivity index (χ2n) is 33.5. The van der Waals surface area contributed by atoms with Gasteiger partial charge in [-0.2, -0.15) is 68.5 Å². The Morgan fingerprint density at radius 3 is 0.694 bits per heavy atom. The third-order valence-electron chi connectivity index (χ3n) is 24.6. The van der Waals surface area contributed by atoms with Crippen molar-refractivity contribution in [3.63, 3.8) is 0 Å². The van der Waals surface area contributed by atoms with Crippen LogP contribution in [0.3, 0.4) is 0 Å². The molecule has 26 heteroatoms. The van der Waals surface area contributed by atoms with Crippen molar-refractivity contribution in [2.45, 2.75) is 24.7 Å². The van der Waals surface area contributed by atoms with Crippen LogP contribution in [0, 0.1) is 53.7 Å². The molecule has 688 valence electrons. The van der Waals surface area contributed by atoms with E-state index in [1.807, 2.05) is 36.4 Å². The smallest absolute Gasteiger partial charge is 0.308 e. The maximum atomic E-state index is 15.6. The summed E-state index contributed by atoms with van der Waals surface area (Å²) in [6, 6.07) is 105. The van der Waals surface area contributed by atoms with Crippen LogP contribution in [0.5, 0.6) is 0 Å². The normalized spacial score (nSPS) is 11.6. The fraction of sp³-hybridized carbons (Fsp3) is 0.0339. The molecule has 21 rings (SSSR count). The Kier molecular flexibility index (Phi) is 23.9. The van der Waals surface area contributed by atoms with E-state index in [1.54, 1.807) is 209 Å². The Morgan fingerprint density at radius 2 is 0.438 bits per heavy atom. The van der Waals surface area contributed by atoms with Gasteiger partial charge in [0.25, 0.3) is 0 Å². The highest BCUT2D eigenvalue weighted by Crippen LogP contribution is 2.54. The fourth-order valence-electron chi connectivity index (χ4n) is 18.3. The molecule has 0 saturated carbocycles. The van der Waals surface area contributed by atoms with E-state index in [-0.39, 0.29) is 136 Å². The summed E-state index contributed by atoms with van der Waals surface area (Å²) in [6.45, 7) is 23.1. The molecule has 17 aromatic carbocycles. The van der Waals surface area contributed by atoms with Crippen molar-refractivity contribution in [1.82, 2.24) is 39.0 Å². The summed E-state index contributed by atoms with van der Waals surface area (Å²) in [7, 11) is 0. The minimum absolute atomic E-state index is 0.0148. The first-order valence-electron chi connectivity index (χ1n) is 44.3. The van der Waals surface area contributed by atoms with E-state index in [4.69, 9.17) is 49.6 Å². The van der Waals surface area contributed by atoms with Crippen molar-refractivity contribution in [2.24, 2.45) is 0 Å². The summed E-state index contributed by atoms with van der Waals surface area (Å²) in [4.78, 5) is 39.7. The van der Waals surface area contributed by atoms with Gasteiger partial charge in [-0.3, -0.25) is 0 Å². The second-order valence-corrected chi connectivity index (χ2v) is 33.5. The zero-order chi connectivity index (χ0) is 100. The van der Waals surface area contributed by atoms with Crippen LogP contribution in [0.15, 0.2) is 376 Å². The van der Waals surface area contributed by atoms with E-state index in [0.717, 1.165) is 24.3 Å². The summed E-state index contributed by atoms with van der Waals surface area (Å²) in [5, 5.41) is 31.9. The number of alkyl halides is 12. The number of hydrogen-bond acceptors (Lipinski definition) is 9. The minimum Gasteiger partial charge on any atom is -0.308 e. The molecule has 0 bridgehead atoms. The van der Waals surface area contributed by atoms with Crippen molar-refractivity contribution in [3.8, 4) is 176 Å². The molecule has 0 unspecified atom stereocenters. The van der Waals surface area contributed by atoms with Crippen LogP contribution >= 0.6 is 0 Å². The SMILES string of the molecule is [C-]#[N+]c1cc(C#N)cc(-c2ccc3c(c2)c2cc(-c4cc(C#N)cc([N+]#[C-])c4)ccc2n3-c2c(-c3ccccc3C(F)(F)F)cc(-c3nc(-c4ccccc4)nc(-c4ccccc4)n3)cc2-c2ccccc2C(F)(F)F)c1.[C-]#[N+]c1cc(C#N)cc(-c2ccc3c(c2)c2ccccc2n3-c2c(-c3ccccc3C(F)(F)F)cc(-c3nc(-c4ccccc4)nc(-c4ccccc4)n3)cc2-c2ccccc2C(F)(F)F)c1. The monoisotopic (exact) mass is 1900 g/mol. The standard InChI is InChI=1S/C63H32F6N8.C55H30F6N6/c1-72-46-27-37(35-70)25-43(29-46)41-21-23-56-50(31-41)51-32-42(44-26-38(36-71)28-47(30-44)73-2)22-24-57(51)77(56)58-52(48-17-9-11-19-54(48)62(64,65)66)33-45(34-53(58)49-18-10-12-20-55(49)63(67,68)69)61-75-59(39-13-5-3-6-14-39)74-60(76-61)40-15-7-4-8-16-40;1-63-39-27-33(32-62)26-37(28-39)36-24-25-49-43(29-36)42-20-10-13-23-48(42)67(49)50-44(40-18-8-11-21-46(40)54(56,57)58)30-38(31-45(50)41-19-9-12-22-47(41)55(59,60)61)53-65-51(34-14-4-2-5-15-34)64-52(66-53)35-16-6-3-7-17-35/h3-34H;2-31H. The van der Waals surface area contributed by atoms with Crippen LogP contribution in [0.1, 0.15) is 38.9 Å². The number of halogens is 12. The predicted molar refractivity (Wildman–Crippen MR) is 532 cm³/mol. The largest absolute Gasteiger partial charge is 0.417 e. The number of nitrogens with zero attached hydrogens (tertiary/aromatic N) is 14. The number of fused-ring (bicyclic) bond motifs is 6. The van der Waals surface area contributed by atoms with Crippen LogP contribution in [-0.4, -0.2) is 39.0 Å². The molecule has 0 aliphatic rings. The molecule has 0 N–H and O–H groups in total. The van der Waals surface area contributed by atoms with Crippen molar-refractivity contribution < 1.29 is 52.7 Å². The molecule has 21 aromatic rings. The predicted octanol–water partition coefficient (Wildman–Crippen LogP) is 33.0. The Bertz CT molecular complexity index is 8540. The van der Waals surface area contributed by atoms with Crippen molar-refractivity contribution >= 4 is 60.7 Å². The molecule has 0 aliphatic carbocycles. The van der Waals surface area contributed by atoms with E-state index in [0.29, 0.717) is 99.2 Å². The highest BCUT2D eigenvalue weighted by molar-refractivity contribution is 6.15. The van der Waals surface area contributed by atoms with Crippen molar-refractivity contribution in [1.29, 1.82) is 15.8 Å². The number of hydrogen-bond donors (Lipinski definition) is 0. The second kappa shape index (κ2) is 37.4. The lowest BCUT2D eigenvalue weighted by molar-refractivity contribution is -0.137. The third kappa shape index (κ3) is 17.8. The lowest BCUT2D eigenvalue weighted by atomic mass is 9.88. The lowest BCUT2D eigenvalue weighted by Crippen LogP contribution is -2.11. The summed E-state index contributed by atoms with van der Waals surface area (Å²) in [5.74, 6) is 0.870. The van der Waals surface area contributed by atoms with Crippen molar-refractivity contribution in [2.75, 3.05) is 0 Å². The van der Waals surface area contributed by atoms with Crippen LogP contribution in [0.2, 0.25) is 0 Å². The van der Waals surface area contributed by atoms with Crippen LogP contribution < -0.4 is 0 Å². The highest BCUT2D eigenvalue weighted by Gasteiger charge is 2.41. The number of rotatable bonds is 15. The molecule has 0 amide bonds. The summed E-state index contributed by atoms with van der Waals surface area (Å²) < 4.78 is 189. The molecule has 0 radical (unpaired) electrons. The van der Waals surface area contributed by atoms with Crippen LogP contribution in [0.25, 0.3) is 216 Å². The van der Waals surface area contributed by atoms with E-state index >= 15 is 52.7 Å². The molecule has 0 atom stereocenters. The molecule has 14 nitrogen and oxygen atoms in total. The molecular formula is C118H62F12N14. The van der Waals surface area contributed by atoms with Gasteiger partial charge in [-0.05, 0) is 201 Å². The summed E-state index contributed by atoms with van der Waals surface area (Å²) >= 11 is 0.